The second kappa shape index (κ2) is 6.76. The summed E-state index contributed by atoms with van der Waals surface area (Å²) < 4.78 is 0. The van der Waals surface area contributed by atoms with Crippen molar-refractivity contribution in [3.05, 3.63) is 75.0 Å². The number of carbonyl (C=O) groups is 1. The quantitative estimate of drug-likeness (QED) is 0.677. The van der Waals surface area contributed by atoms with Gasteiger partial charge in [0.1, 0.15) is 0 Å². The van der Waals surface area contributed by atoms with Crippen molar-refractivity contribution in [3.63, 3.8) is 0 Å². The third-order valence-corrected chi connectivity index (χ3v) is 3.87. The number of aryl methyl sites for hydroxylation is 1. The van der Waals surface area contributed by atoms with Gasteiger partial charge in [0.05, 0.1) is 5.52 Å². The monoisotopic (exact) mass is 341 g/mol. The molecule has 24 heavy (non-hydrogen) atoms. The first-order valence-corrected chi connectivity index (χ1v) is 7.82. The van der Waals surface area contributed by atoms with Gasteiger partial charge in [-0.15, -0.1) is 0 Å². The number of benzene rings is 2. The van der Waals surface area contributed by atoms with Crippen molar-refractivity contribution in [3.8, 4) is 0 Å². The molecule has 1 aromatic heterocycles. The molecule has 0 spiro atoms. The molecule has 1 heterocycles. The molecule has 0 atom stereocenters. The molecule has 3 rings (SSSR count). The van der Waals surface area contributed by atoms with E-state index in [2.05, 4.69) is 15.6 Å². The Bertz CT molecular complexity index is 966. The van der Waals surface area contributed by atoms with Crippen LogP contribution in [0.5, 0.6) is 0 Å². The normalized spacial score (nSPS) is 10.6. The summed E-state index contributed by atoms with van der Waals surface area (Å²) in [6.07, 6.45) is 0. The van der Waals surface area contributed by atoms with E-state index in [0.29, 0.717) is 28.3 Å². The standard InChI is InChI=1S/C18H16ClN3O2/c1-11-7-13-5-6-15(9-16(13)22-17(11)23)21-18(24)20-10-12-3-2-4-14(19)8-12/h2-9H,10H2,1H3,(H,22,23)(H2,20,21,24). The minimum Gasteiger partial charge on any atom is -0.334 e. The molecule has 3 N–H and O–H groups in total. The summed E-state index contributed by atoms with van der Waals surface area (Å²) in [5, 5.41) is 7.05. The molecule has 0 aliphatic carbocycles. The van der Waals surface area contributed by atoms with Gasteiger partial charge in [0.2, 0.25) is 0 Å². The zero-order valence-electron chi connectivity index (χ0n) is 13.0. The molecule has 0 saturated heterocycles. The Hall–Kier alpha value is -2.79. The first-order chi connectivity index (χ1) is 11.5. The average Bonchev–Trinajstić information content (AvgIpc) is 2.54. The van der Waals surface area contributed by atoms with Crippen LogP contribution in [0.4, 0.5) is 10.5 Å². The molecule has 0 aliphatic rings. The fraction of sp³-hybridized carbons (Fsp3) is 0.111. The molecule has 0 unspecified atom stereocenters. The van der Waals surface area contributed by atoms with Crippen molar-refractivity contribution in [2.24, 2.45) is 0 Å². The number of hydrogen-bond acceptors (Lipinski definition) is 2. The van der Waals surface area contributed by atoms with E-state index in [0.717, 1.165) is 10.9 Å². The Morgan fingerprint density at radius 3 is 2.79 bits per heavy atom. The van der Waals surface area contributed by atoms with Crippen LogP contribution in [-0.4, -0.2) is 11.0 Å². The van der Waals surface area contributed by atoms with Gasteiger partial charge in [-0.3, -0.25) is 4.79 Å². The number of carbonyl (C=O) groups excluding carboxylic acids is 1. The lowest BCUT2D eigenvalue weighted by Crippen LogP contribution is -2.28. The van der Waals surface area contributed by atoms with Gasteiger partial charge in [-0.25, -0.2) is 4.79 Å². The first-order valence-electron chi connectivity index (χ1n) is 7.44. The van der Waals surface area contributed by atoms with Crippen molar-refractivity contribution in [1.29, 1.82) is 0 Å². The lowest BCUT2D eigenvalue weighted by molar-refractivity contribution is 0.251. The van der Waals surface area contributed by atoms with Crippen molar-refractivity contribution in [2.75, 3.05) is 5.32 Å². The average molecular weight is 342 g/mol. The zero-order chi connectivity index (χ0) is 17.1. The van der Waals surface area contributed by atoms with E-state index in [9.17, 15) is 9.59 Å². The zero-order valence-corrected chi connectivity index (χ0v) is 13.8. The number of hydrogen-bond donors (Lipinski definition) is 3. The van der Waals surface area contributed by atoms with Crippen LogP contribution in [0.15, 0.2) is 53.3 Å². The third kappa shape index (κ3) is 3.75. The van der Waals surface area contributed by atoms with Crippen LogP contribution in [-0.2, 0) is 6.54 Å². The van der Waals surface area contributed by atoms with E-state index in [1.807, 2.05) is 24.3 Å². The lowest BCUT2D eigenvalue weighted by atomic mass is 10.1. The van der Waals surface area contributed by atoms with E-state index in [1.165, 1.54) is 0 Å². The maximum atomic E-state index is 12.0. The number of pyridine rings is 1. The Morgan fingerprint density at radius 1 is 1.17 bits per heavy atom. The predicted molar refractivity (Wildman–Crippen MR) is 96.6 cm³/mol. The highest BCUT2D eigenvalue weighted by atomic mass is 35.5. The number of halogens is 1. The Labute approximate surface area is 143 Å². The molecule has 6 heteroatoms. The summed E-state index contributed by atoms with van der Waals surface area (Å²) in [7, 11) is 0. The van der Waals surface area contributed by atoms with E-state index >= 15 is 0 Å². The molecular formula is C18H16ClN3O2. The molecule has 2 aromatic carbocycles. The van der Waals surface area contributed by atoms with E-state index in [4.69, 9.17) is 11.6 Å². The molecule has 0 fully saturated rings. The van der Waals surface area contributed by atoms with E-state index in [1.54, 1.807) is 31.2 Å². The number of nitrogens with one attached hydrogen (secondary N) is 3. The number of aromatic nitrogens is 1. The molecule has 122 valence electrons. The predicted octanol–water partition coefficient (Wildman–Crippen LogP) is 3.81. The van der Waals surface area contributed by atoms with Gasteiger partial charge in [0.25, 0.3) is 5.56 Å². The third-order valence-electron chi connectivity index (χ3n) is 3.63. The number of amides is 2. The summed E-state index contributed by atoms with van der Waals surface area (Å²) in [5.41, 5.74) is 2.72. The SMILES string of the molecule is Cc1cc2ccc(NC(=O)NCc3cccc(Cl)c3)cc2[nH]c1=O. The molecule has 0 saturated carbocycles. The van der Waals surface area contributed by atoms with Gasteiger partial charge >= 0.3 is 6.03 Å². The van der Waals surface area contributed by atoms with Crippen LogP contribution in [0.3, 0.4) is 0 Å². The van der Waals surface area contributed by atoms with Crippen molar-refractivity contribution in [2.45, 2.75) is 13.5 Å². The van der Waals surface area contributed by atoms with Crippen molar-refractivity contribution >= 4 is 34.2 Å². The van der Waals surface area contributed by atoms with Crippen LogP contribution in [0.25, 0.3) is 10.9 Å². The van der Waals surface area contributed by atoms with Crippen molar-refractivity contribution in [1.82, 2.24) is 10.3 Å². The minimum atomic E-state index is -0.330. The fourth-order valence-corrected chi connectivity index (χ4v) is 2.61. The summed E-state index contributed by atoms with van der Waals surface area (Å²) >= 11 is 5.91. The summed E-state index contributed by atoms with van der Waals surface area (Å²) in [6, 6.07) is 14.2. The number of H-pyrrole nitrogens is 1. The fourth-order valence-electron chi connectivity index (χ4n) is 2.39. The van der Waals surface area contributed by atoms with Crippen LogP contribution in [0.1, 0.15) is 11.1 Å². The van der Waals surface area contributed by atoms with Crippen LogP contribution >= 0.6 is 11.6 Å². The number of urea groups is 1. The van der Waals surface area contributed by atoms with E-state index < -0.39 is 0 Å². The van der Waals surface area contributed by atoms with Crippen molar-refractivity contribution < 1.29 is 4.79 Å². The smallest absolute Gasteiger partial charge is 0.319 e. The van der Waals surface area contributed by atoms with Crippen LogP contribution in [0.2, 0.25) is 5.02 Å². The van der Waals surface area contributed by atoms with Gasteiger partial charge in [0.15, 0.2) is 0 Å². The topological polar surface area (TPSA) is 74.0 Å². The molecule has 0 bridgehead atoms. The molecule has 0 radical (unpaired) electrons. The van der Waals surface area contributed by atoms with Crippen LogP contribution in [0, 0.1) is 6.92 Å². The minimum absolute atomic E-state index is 0.134. The second-order valence-corrected chi connectivity index (χ2v) is 5.96. The van der Waals surface area contributed by atoms with Gasteiger partial charge in [0, 0.05) is 22.8 Å². The molecule has 2 amide bonds. The first kappa shape index (κ1) is 16.1. The van der Waals surface area contributed by atoms with Gasteiger partial charge in [-0.1, -0.05) is 29.8 Å². The molecule has 3 aromatic rings. The Morgan fingerprint density at radius 2 is 2.00 bits per heavy atom. The summed E-state index contributed by atoms with van der Waals surface area (Å²) in [4.78, 5) is 26.5. The van der Waals surface area contributed by atoms with Crippen LogP contribution < -0.4 is 16.2 Å². The second-order valence-electron chi connectivity index (χ2n) is 5.52. The maximum Gasteiger partial charge on any atom is 0.319 e. The maximum absolute atomic E-state index is 12.0. The highest BCUT2D eigenvalue weighted by molar-refractivity contribution is 6.30. The Balaban J connectivity index is 1.69. The molecule has 0 aliphatic heterocycles. The number of rotatable bonds is 3. The van der Waals surface area contributed by atoms with Gasteiger partial charge in [-0.05, 0) is 48.2 Å². The molecule has 5 nitrogen and oxygen atoms in total. The lowest BCUT2D eigenvalue weighted by Gasteiger charge is -2.09. The highest BCUT2D eigenvalue weighted by Crippen LogP contribution is 2.17. The number of aromatic amines is 1. The van der Waals surface area contributed by atoms with E-state index in [-0.39, 0.29) is 11.6 Å². The summed E-state index contributed by atoms with van der Waals surface area (Å²) in [5.74, 6) is 0. The molecular weight excluding hydrogens is 326 g/mol. The Kier molecular flexibility index (Phi) is 4.53. The van der Waals surface area contributed by atoms with Gasteiger partial charge < -0.3 is 15.6 Å². The number of anilines is 1. The van der Waals surface area contributed by atoms with Gasteiger partial charge in [-0.2, -0.15) is 0 Å². The highest BCUT2D eigenvalue weighted by Gasteiger charge is 2.04. The number of fused-ring (bicyclic) bond motifs is 1. The summed E-state index contributed by atoms with van der Waals surface area (Å²) in [6.45, 7) is 2.13. The largest absolute Gasteiger partial charge is 0.334 e.